The van der Waals surface area contributed by atoms with Gasteiger partial charge in [0.2, 0.25) is 0 Å². The molecule has 106 valence electrons. The largest absolute Gasteiger partial charge is 0.397 e. The molecule has 1 aliphatic heterocycles. The zero-order chi connectivity index (χ0) is 13.5. The van der Waals surface area contributed by atoms with E-state index in [4.69, 9.17) is 11.5 Å². The van der Waals surface area contributed by atoms with Crippen molar-refractivity contribution in [2.45, 2.75) is 32.1 Å². The molecule has 1 saturated heterocycles. The van der Waals surface area contributed by atoms with Gasteiger partial charge in [0.25, 0.3) is 0 Å². The second-order valence-electron chi connectivity index (χ2n) is 5.24. The summed E-state index contributed by atoms with van der Waals surface area (Å²) in [7, 11) is 0. The van der Waals surface area contributed by atoms with Crippen LogP contribution in [-0.4, -0.2) is 36.1 Å². The van der Waals surface area contributed by atoms with Gasteiger partial charge in [0.15, 0.2) is 0 Å². The maximum Gasteiger partial charge on any atom is 0.149 e. The van der Waals surface area contributed by atoms with Crippen LogP contribution in [0.3, 0.4) is 0 Å². The van der Waals surface area contributed by atoms with E-state index >= 15 is 0 Å². The van der Waals surface area contributed by atoms with E-state index in [0.29, 0.717) is 11.4 Å². The fourth-order valence-corrected chi connectivity index (χ4v) is 2.50. The summed E-state index contributed by atoms with van der Waals surface area (Å²) in [5.41, 5.74) is 12.7. The highest BCUT2D eigenvalue weighted by molar-refractivity contribution is 5.65. The van der Waals surface area contributed by atoms with Gasteiger partial charge in [-0.2, -0.15) is 0 Å². The van der Waals surface area contributed by atoms with E-state index < -0.39 is 0 Å². The van der Waals surface area contributed by atoms with E-state index in [1.165, 1.54) is 45.3 Å². The molecule has 1 fully saturated rings. The monoisotopic (exact) mass is 263 g/mol. The summed E-state index contributed by atoms with van der Waals surface area (Å²) >= 11 is 0. The Kier molecular flexibility index (Phi) is 5.27. The Morgan fingerprint density at radius 1 is 1.16 bits per heavy atom. The van der Waals surface area contributed by atoms with Crippen molar-refractivity contribution in [2.24, 2.45) is 0 Å². The van der Waals surface area contributed by atoms with Crippen molar-refractivity contribution in [1.29, 1.82) is 0 Å². The van der Waals surface area contributed by atoms with Crippen LogP contribution in [0.4, 0.5) is 17.2 Å². The predicted octanol–water partition coefficient (Wildman–Crippen LogP) is 1.92. The molecular weight excluding hydrogens is 238 g/mol. The Balaban J connectivity index is 1.61. The van der Waals surface area contributed by atoms with E-state index in [2.05, 4.69) is 15.2 Å². The number of nitrogens with two attached hydrogens (primary N) is 2. The number of pyridine rings is 1. The highest BCUT2D eigenvalue weighted by Crippen LogP contribution is 2.17. The van der Waals surface area contributed by atoms with Crippen molar-refractivity contribution in [1.82, 2.24) is 9.88 Å². The van der Waals surface area contributed by atoms with Gasteiger partial charge in [-0.05, 0) is 51.4 Å². The standard InChI is InChI=1S/C14H25N5/c15-12-10-13(16)14(18-11-12)17-6-2-5-9-19-7-3-1-4-8-19/h10-11H,1-9,15-16H2,(H,17,18). The topological polar surface area (TPSA) is 80.2 Å². The van der Waals surface area contributed by atoms with Crippen LogP contribution in [0, 0.1) is 0 Å². The number of anilines is 3. The molecule has 5 nitrogen and oxygen atoms in total. The molecule has 1 aliphatic rings. The fraction of sp³-hybridized carbons (Fsp3) is 0.643. The van der Waals surface area contributed by atoms with Crippen LogP contribution < -0.4 is 16.8 Å². The van der Waals surface area contributed by atoms with Crippen LogP contribution >= 0.6 is 0 Å². The molecule has 5 N–H and O–H groups in total. The summed E-state index contributed by atoms with van der Waals surface area (Å²) in [6.45, 7) is 4.68. The molecular formula is C14H25N5. The van der Waals surface area contributed by atoms with Crippen LogP contribution in [0.25, 0.3) is 0 Å². The summed E-state index contributed by atoms with van der Waals surface area (Å²) in [5.74, 6) is 0.743. The molecule has 0 saturated carbocycles. The summed E-state index contributed by atoms with van der Waals surface area (Å²) in [6, 6.07) is 1.74. The first-order chi connectivity index (χ1) is 9.25. The van der Waals surface area contributed by atoms with Crippen molar-refractivity contribution in [3.05, 3.63) is 12.3 Å². The minimum Gasteiger partial charge on any atom is -0.397 e. The lowest BCUT2D eigenvalue weighted by Gasteiger charge is -2.26. The van der Waals surface area contributed by atoms with Crippen LogP contribution in [0.1, 0.15) is 32.1 Å². The highest BCUT2D eigenvalue weighted by Gasteiger charge is 2.08. The second kappa shape index (κ2) is 7.19. The number of rotatable bonds is 6. The Bertz CT molecular complexity index is 387. The van der Waals surface area contributed by atoms with E-state index in [-0.39, 0.29) is 0 Å². The van der Waals surface area contributed by atoms with Crippen molar-refractivity contribution in [3.8, 4) is 0 Å². The normalized spacial score (nSPS) is 16.4. The summed E-state index contributed by atoms with van der Waals surface area (Å²) in [4.78, 5) is 6.76. The lowest BCUT2D eigenvalue weighted by molar-refractivity contribution is 0.225. The first-order valence-corrected chi connectivity index (χ1v) is 7.23. The van der Waals surface area contributed by atoms with Gasteiger partial charge in [-0.3, -0.25) is 0 Å². The summed E-state index contributed by atoms with van der Waals surface area (Å²) < 4.78 is 0. The average molecular weight is 263 g/mol. The van der Waals surface area contributed by atoms with Gasteiger partial charge < -0.3 is 21.7 Å². The van der Waals surface area contributed by atoms with Crippen LogP contribution in [0.2, 0.25) is 0 Å². The predicted molar refractivity (Wildman–Crippen MR) is 81.1 cm³/mol. The minimum absolute atomic E-state index is 0.605. The molecule has 0 atom stereocenters. The Labute approximate surface area is 115 Å². The zero-order valence-electron chi connectivity index (χ0n) is 11.6. The number of nitrogens with zero attached hydrogens (tertiary/aromatic N) is 2. The number of hydrogen-bond donors (Lipinski definition) is 3. The van der Waals surface area contributed by atoms with Crippen molar-refractivity contribution in [3.63, 3.8) is 0 Å². The van der Waals surface area contributed by atoms with Crippen molar-refractivity contribution < 1.29 is 0 Å². The molecule has 0 aromatic carbocycles. The Hall–Kier alpha value is -1.49. The van der Waals surface area contributed by atoms with Gasteiger partial charge in [-0.15, -0.1) is 0 Å². The number of likely N-dealkylation sites (tertiary alicyclic amines) is 1. The second-order valence-corrected chi connectivity index (χ2v) is 5.24. The smallest absolute Gasteiger partial charge is 0.149 e. The van der Waals surface area contributed by atoms with Crippen molar-refractivity contribution in [2.75, 3.05) is 43.0 Å². The van der Waals surface area contributed by atoms with E-state index in [0.717, 1.165) is 18.8 Å². The number of aromatic nitrogens is 1. The van der Waals surface area contributed by atoms with Gasteiger partial charge in [0.05, 0.1) is 17.6 Å². The molecule has 2 heterocycles. The number of nitrogens with one attached hydrogen (secondary N) is 1. The number of nitrogen functional groups attached to an aromatic ring is 2. The molecule has 0 unspecified atom stereocenters. The molecule has 0 aliphatic carbocycles. The van der Waals surface area contributed by atoms with E-state index in [1.807, 2.05) is 0 Å². The van der Waals surface area contributed by atoms with Crippen LogP contribution in [0.15, 0.2) is 12.3 Å². The number of hydrogen-bond acceptors (Lipinski definition) is 5. The lowest BCUT2D eigenvalue weighted by Crippen LogP contribution is -2.30. The van der Waals surface area contributed by atoms with Gasteiger partial charge in [0.1, 0.15) is 5.82 Å². The van der Waals surface area contributed by atoms with Gasteiger partial charge in [-0.1, -0.05) is 6.42 Å². The molecule has 0 amide bonds. The maximum absolute atomic E-state index is 5.84. The summed E-state index contributed by atoms with van der Waals surface area (Å²) in [6.07, 6.45) is 8.13. The molecule has 1 aromatic heterocycles. The quantitative estimate of drug-likeness (QED) is 0.683. The highest BCUT2D eigenvalue weighted by atomic mass is 15.1. The number of unbranched alkanes of at least 4 members (excludes halogenated alkanes) is 1. The summed E-state index contributed by atoms with van der Waals surface area (Å²) in [5, 5.41) is 3.27. The third-order valence-corrected chi connectivity index (χ3v) is 3.58. The molecule has 0 radical (unpaired) electrons. The van der Waals surface area contributed by atoms with E-state index in [9.17, 15) is 0 Å². The van der Waals surface area contributed by atoms with Gasteiger partial charge in [0, 0.05) is 6.54 Å². The van der Waals surface area contributed by atoms with Crippen LogP contribution in [-0.2, 0) is 0 Å². The van der Waals surface area contributed by atoms with Gasteiger partial charge >= 0.3 is 0 Å². The zero-order valence-corrected chi connectivity index (χ0v) is 11.6. The minimum atomic E-state index is 0.605. The first-order valence-electron chi connectivity index (χ1n) is 7.23. The van der Waals surface area contributed by atoms with E-state index in [1.54, 1.807) is 12.3 Å². The molecule has 0 spiro atoms. The molecule has 2 rings (SSSR count). The Morgan fingerprint density at radius 3 is 2.68 bits per heavy atom. The molecule has 1 aromatic rings. The Morgan fingerprint density at radius 2 is 1.95 bits per heavy atom. The van der Waals surface area contributed by atoms with Crippen molar-refractivity contribution >= 4 is 17.2 Å². The third-order valence-electron chi connectivity index (χ3n) is 3.58. The van der Waals surface area contributed by atoms with Gasteiger partial charge in [-0.25, -0.2) is 4.98 Å². The van der Waals surface area contributed by atoms with Crippen LogP contribution in [0.5, 0.6) is 0 Å². The molecule has 19 heavy (non-hydrogen) atoms. The lowest BCUT2D eigenvalue weighted by atomic mass is 10.1. The molecule has 0 bridgehead atoms. The maximum atomic E-state index is 5.84. The number of piperidine rings is 1. The third kappa shape index (κ3) is 4.59. The SMILES string of the molecule is Nc1cnc(NCCCCN2CCCCC2)c(N)c1. The fourth-order valence-electron chi connectivity index (χ4n) is 2.50. The average Bonchev–Trinajstić information content (AvgIpc) is 2.42. The first kappa shape index (κ1) is 13.9. The molecule has 5 heteroatoms.